The number of halogens is 1. The number of nitrogens with zero attached hydrogens (tertiary/aromatic N) is 2. The molecule has 11 heteroatoms. The predicted octanol–water partition coefficient (Wildman–Crippen LogP) is 5.73. The Labute approximate surface area is 315 Å². The highest BCUT2D eigenvalue weighted by Crippen LogP contribution is 2.61. The van der Waals surface area contributed by atoms with E-state index in [-0.39, 0.29) is 42.1 Å². The fourth-order valence-corrected chi connectivity index (χ4v) is 9.31. The fourth-order valence-electron chi connectivity index (χ4n) is 8.36. The number of aliphatic hydroxyl groups is 1. The standard InChI is InChI=1S/C41H52BrN3O7/c1-8-10-16-32(47)43-27(7)35(28-14-12-11-13-15-28)51-40(50)33-34-38(48)45(29(23-46)20-24(3)4)37(41(34)22-30(42)36(33)52-41)39(49)44(19-9-2)31-21-25(5)17-18-26(31)6/h8-9,11-15,17-18,21,24,27,29-30,33-37,46H,1-2,10,16,19-20,22-23H2,3-7H3,(H,43,47)/t27-,29-,30?,33+,34-,35-,36+,37+,41-/m1/s1. The maximum absolute atomic E-state index is 15.1. The number of aliphatic hydroxyl groups excluding tert-OH is 1. The van der Waals surface area contributed by atoms with Crippen LogP contribution in [0.4, 0.5) is 5.69 Å². The first-order valence-corrected chi connectivity index (χ1v) is 19.1. The highest BCUT2D eigenvalue weighted by Gasteiger charge is 2.77. The second-order valence-corrected chi connectivity index (χ2v) is 16.0. The zero-order valence-electron chi connectivity index (χ0n) is 30.8. The summed E-state index contributed by atoms with van der Waals surface area (Å²) in [6.45, 7) is 17.1. The van der Waals surface area contributed by atoms with Gasteiger partial charge in [0, 0.05) is 23.5 Å². The summed E-state index contributed by atoms with van der Waals surface area (Å²) in [5, 5.41) is 13.7. The number of anilines is 1. The molecule has 3 amide bonds. The Kier molecular flexibility index (Phi) is 12.5. The van der Waals surface area contributed by atoms with Crippen molar-refractivity contribution in [3.05, 3.63) is 90.5 Å². The number of likely N-dealkylation sites (tertiary alicyclic amines) is 1. The molecule has 2 N–H and O–H groups in total. The molecule has 3 fully saturated rings. The number of esters is 1. The summed E-state index contributed by atoms with van der Waals surface area (Å²) in [6.07, 6.45) is 3.19. The summed E-state index contributed by atoms with van der Waals surface area (Å²) in [7, 11) is 0. The summed E-state index contributed by atoms with van der Waals surface area (Å²) >= 11 is 3.76. The minimum Gasteiger partial charge on any atom is -0.455 e. The van der Waals surface area contributed by atoms with Crippen LogP contribution in [0.2, 0.25) is 0 Å². The third-order valence-electron chi connectivity index (χ3n) is 10.6. The second kappa shape index (κ2) is 16.5. The molecule has 280 valence electrons. The number of amides is 3. The number of allylic oxidation sites excluding steroid dienone is 1. The third-order valence-corrected chi connectivity index (χ3v) is 11.4. The van der Waals surface area contributed by atoms with Gasteiger partial charge in [-0.2, -0.15) is 0 Å². The van der Waals surface area contributed by atoms with E-state index in [0.29, 0.717) is 30.5 Å². The summed E-state index contributed by atoms with van der Waals surface area (Å²) in [5.41, 5.74) is 1.84. The molecule has 3 saturated heterocycles. The van der Waals surface area contributed by atoms with Crippen LogP contribution in [0.5, 0.6) is 0 Å². The van der Waals surface area contributed by atoms with Gasteiger partial charge in [0.2, 0.25) is 11.8 Å². The molecular formula is C41H52BrN3O7. The number of carbonyl (C=O) groups is 4. The van der Waals surface area contributed by atoms with Crippen molar-refractivity contribution in [2.75, 3.05) is 18.1 Å². The van der Waals surface area contributed by atoms with Gasteiger partial charge >= 0.3 is 5.97 Å². The van der Waals surface area contributed by atoms with E-state index in [2.05, 4.69) is 34.4 Å². The number of alkyl halides is 1. The van der Waals surface area contributed by atoms with Crippen molar-refractivity contribution >= 4 is 45.3 Å². The molecule has 1 spiro atoms. The molecule has 2 bridgehead atoms. The van der Waals surface area contributed by atoms with Crippen LogP contribution in [0, 0.1) is 31.6 Å². The number of carbonyl (C=O) groups excluding carboxylic acids is 4. The third kappa shape index (κ3) is 7.50. The predicted molar refractivity (Wildman–Crippen MR) is 204 cm³/mol. The number of aryl methyl sites for hydroxylation is 2. The van der Waals surface area contributed by atoms with E-state index in [1.165, 1.54) is 4.90 Å². The molecule has 2 aromatic rings. The topological polar surface area (TPSA) is 125 Å². The monoisotopic (exact) mass is 777 g/mol. The Balaban J connectivity index is 1.57. The van der Waals surface area contributed by atoms with Gasteiger partial charge in [-0.3, -0.25) is 19.2 Å². The fraction of sp³-hybridized carbons (Fsp3) is 0.512. The second-order valence-electron chi connectivity index (χ2n) is 14.9. The number of fused-ring (bicyclic) bond motifs is 1. The van der Waals surface area contributed by atoms with Gasteiger partial charge in [0.15, 0.2) is 0 Å². The number of nitrogens with one attached hydrogen (secondary N) is 1. The molecule has 9 atom stereocenters. The molecule has 10 nitrogen and oxygen atoms in total. The van der Waals surface area contributed by atoms with Crippen LogP contribution in [0.15, 0.2) is 73.8 Å². The van der Waals surface area contributed by atoms with Crippen LogP contribution in [0.3, 0.4) is 0 Å². The van der Waals surface area contributed by atoms with Crippen LogP contribution in [-0.2, 0) is 28.7 Å². The van der Waals surface area contributed by atoms with Gasteiger partial charge < -0.3 is 29.7 Å². The summed E-state index contributed by atoms with van der Waals surface area (Å²) in [4.78, 5) is 60.2. The zero-order valence-corrected chi connectivity index (χ0v) is 32.4. The van der Waals surface area contributed by atoms with E-state index in [4.69, 9.17) is 9.47 Å². The van der Waals surface area contributed by atoms with Gasteiger partial charge in [-0.1, -0.05) is 84.4 Å². The van der Waals surface area contributed by atoms with Crippen LogP contribution in [0.1, 0.15) is 69.2 Å². The van der Waals surface area contributed by atoms with Gasteiger partial charge in [-0.15, -0.1) is 13.2 Å². The Morgan fingerprint density at radius 1 is 1.13 bits per heavy atom. The summed E-state index contributed by atoms with van der Waals surface area (Å²) in [6, 6.07) is 12.6. The van der Waals surface area contributed by atoms with Gasteiger partial charge in [-0.25, -0.2) is 0 Å². The van der Waals surface area contributed by atoms with Crippen LogP contribution < -0.4 is 10.2 Å². The molecule has 3 heterocycles. The molecule has 5 rings (SSSR count). The average Bonchev–Trinajstić information content (AvgIpc) is 3.71. The maximum atomic E-state index is 15.1. The largest absolute Gasteiger partial charge is 0.455 e. The van der Waals surface area contributed by atoms with Crippen molar-refractivity contribution < 1.29 is 33.8 Å². The van der Waals surface area contributed by atoms with E-state index in [0.717, 1.165) is 11.1 Å². The Hall–Kier alpha value is -3.80. The SMILES string of the molecule is C=CCCC(=O)N[C@H](C)[C@@H](OC(=O)[C@@H]1[C@H]2O[C@@]3(CC2Br)[C@H](C(=O)N(CC=C)c2cc(C)ccc2C)N([C@@H](CO)CC(C)C)C(=O)[C@@H]13)c1ccccc1. The van der Waals surface area contributed by atoms with Gasteiger partial charge in [0.25, 0.3) is 5.91 Å². The highest BCUT2D eigenvalue weighted by molar-refractivity contribution is 9.09. The normalized spacial score (nSPS) is 26.4. The molecule has 1 unspecified atom stereocenters. The lowest BCUT2D eigenvalue weighted by atomic mass is 9.70. The molecule has 0 saturated carbocycles. The van der Waals surface area contributed by atoms with Crippen LogP contribution >= 0.6 is 15.9 Å². The Bertz CT molecular complexity index is 1670. The van der Waals surface area contributed by atoms with Gasteiger partial charge in [0.1, 0.15) is 17.7 Å². The van der Waals surface area contributed by atoms with E-state index >= 15 is 4.79 Å². The first kappa shape index (κ1) is 39.4. The minimum absolute atomic E-state index is 0.0960. The zero-order chi connectivity index (χ0) is 37.9. The number of hydrogen-bond acceptors (Lipinski definition) is 7. The van der Waals surface area contributed by atoms with Gasteiger partial charge in [-0.05, 0) is 68.7 Å². The molecule has 0 radical (unpaired) electrons. The Morgan fingerprint density at radius 3 is 2.48 bits per heavy atom. The number of ether oxygens (including phenoxy) is 2. The average molecular weight is 779 g/mol. The number of hydrogen-bond donors (Lipinski definition) is 2. The van der Waals surface area contributed by atoms with Crippen molar-refractivity contribution in [1.29, 1.82) is 0 Å². The lowest BCUT2D eigenvalue weighted by Gasteiger charge is -2.40. The molecule has 3 aliphatic heterocycles. The molecule has 0 aliphatic carbocycles. The van der Waals surface area contributed by atoms with Crippen molar-refractivity contribution in [2.24, 2.45) is 17.8 Å². The van der Waals surface area contributed by atoms with Crippen molar-refractivity contribution in [1.82, 2.24) is 10.2 Å². The quantitative estimate of drug-likeness (QED) is 0.127. The van der Waals surface area contributed by atoms with Crippen molar-refractivity contribution in [3.63, 3.8) is 0 Å². The van der Waals surface area contributed by atoms with E-state index in [1.807, 2.05) is 76.2 Å². The lowest BCUT2D eigenvalue weighted by molar-refractivity contribution is -0.162. The van der Waals surface area contributed by atoms with Gasteiger partial charge in [0.05, 0.1) is 36.6 Å². The maximum Gasteiger partial charge on any atom is 0.313 e. The number of benzene rings is 2. The lowest BCUT2D eigenvalue weighted by Crippen LogP contribution is -2.59. The highest BCUT2D eigenvalue weighted by atomic mass is 79.9. The van der Waals surface area contributed by atoms with E-state index in [1.54, 1.807) is 24.0 Å². The Morgan fingerprint density at radius 2 is 1.85 bits per heavy atom. The molecule has 52 heavy (non-hydrogen) atoms. The van der Waals surface area contributed by atoms with Crippen molar-refractivity contribution in [3.8, 4) is 0 Å². The van der Waals surface area contributed by atoms with E-state index < -0.39 is 59.6 Å². The number of rotatable bonds is 16. The first-order chi connectivity index (χ1) is 24.8. The van der Waals surface area contributed by atoms with Crippen LogP contribution in [0.25, 0.3) is 0 Å². The molecule has 0 aromatic heterocycles. The van der Waals surface area contributed by atoms with E-state index in [9.17, 15) is 19.5 Å². The first-order valence-electron chi connectivity index (χ1n) is 18.2. The smallest absolute Gasteiger partial charge is 0.313 e. The minimum atomic E-state index is -1.37. The molecule has 3 aliphatic rings. The summed E-state index contributed by atoms with van der Waals surface area (Å²) in [5.74, 6) is -3.62. The summed E-state index contributed by atoms with van der Waals surface area (Å²) < 4.78 is 13.1. The van der Waals surface area contributed by atoms with Crippen molar-refractivity contribution in [2.45, 2.75) is 101 Å². The van der Waals surface area contributed by atoms with Crippen LogP contribution in [-0.4, -0.2) is 81.5 Å². The molecular weight excluding hydrogens is 726 g/mol. The molecule has 2 aromatic carbocycles.